The van der Waals surface area contributed by atoms with Crippen LogP contribution in [-0.2, 0) is 0 Å². The average Bonchev–Trinajstić information content (AvgIpc) is 2.66. The van der Waals surface area contributed by atoms with E-state index in [1.807, 2.05) is 17.9 Å². The fraction of sp³-hybridized carbons (Fsp3) is 0.700. The molecule has 1 fully saturated rings. The Balaban J connectivity index is 1.68. The molecule has 1 saturated heterocycles. The molecule has 4 N–H and O–H groups in total. The van der Waals surface area contributed by atoms with Crippen LogP contribution >= 0.6 is 0 Å². The zero-order valence-corrected chi connectivity index (χ0v) is 16.8. The number of aliphatic hydroxyl groups excluding tert-OH is 3. The van der Waals surface area contributed by atoms with Crippen LogP contribution in [0.3, 0.4) is 0 Å². The summed E-state index contributed by atoms with van der Waals surface area (Å²) in [6.07, 6.45) is 2.47. The molecule has 1 aromatic carbocycles. The van der Waals surface area contributed by atoms with E-state index in [4.69, 9.17) is 0 Å². The molecule has 1 heterocycles. The molecule has 28 heavy (non-hydrogen) atoms. The molecule has 1 aliphatic rings. The van der Waals surface area contributed by atoms with Gasteiger partial charge in [0.05, 0.1) is 29.8 Å². The van der Waals surface area contributed by atoms with Gasteiger partial charge in [-0.2, -0.15) is 0 Å². The van der Waals surface area contributed by atoms with Gasteiger partial charge in [-0.15, -0.1) is 0 Å². The molecule has 4 atom stereocenters. The van der Waals surface area contributed by atoms with E-state index in [1.54, 1.807) is 19.1 Å². The van der Waals surface area contributed by atoms with Gasteiger partial charge in [0.15, 0.2) is 0 Å². The number of nitrogens with zero attached hydrogens (tertiary/aromatic N) is 2. The summed E-state index contributed by atoms with van der Waals surface area (Å²) in [5, 5.41) is 44.1. The fourth-order valence-electron chi connectivity index (χ4n) is 3.78. The number of rotatable bonds is 10. The highest BCUT2D eigenvalue weighted by molar-refractivity contribution is 5.62. The summed E-state index contributed by atoms with van der Waals surface area (Å²) in [6, 6.07) is 4.86. The SMILES string of the molecule is Cc1ccc(NCCCCCCN2C[C@H](O)[C@@H](C)[C@H](O)[C@H]2CO)c([N+](=O)[O-])c1. The van der Waals surface area contributed by atoms with Gasteiger partial charge in [0.1, 0.15) is 5.69 Å². The number of aliphatic hydroxyl groups is 3. The van der Waals surface area contributed by atoms with Gasteiger partial charge in [-0.1, -0.05) is 25.8 Å². The number of hydrogen-bond acceptors (Lipinski definition) is 7. The first-order valence-electron chi connectivity index (χ1n) is 10.0. The molecule has 0 amide bonds. The number of hydrogen-bond donors (Lipinski definition) is 4. The lowest BCUT2D eigenvalue weighted by Crippen LogP contribution is -2.59. The Hall–Kier alpha value is -1.74. The molecule has 0 spiro atoms. The minimum Gasteiger partial charge on any atom is -0.395 e. The van der Waals surface area contributed by atoms with Crippen molar-refractivity contribution >= 4 is 11.4 Å². The minimum atomic E-state index is -0.719. The molecular formula is C20H33N3O5. The molecular weight excluding hydrogens is 362 g/mol. The highest BCUT2D eigenvalue weighted by Gasteiger charge is 2.38. The number of nitrogens with one attached hydrogen (secondary N) is 1. The average molecular weight is 396 g/mol. The van der Waals surface area contributed by atoms with Crippen molar-refractivity contribution in [2.24, 2.45) is 5.92 Å². The lowest BCUT2D eigenvalue weighted by atomic mass is 9.87. The summed E-state index contributed by atoms with van der Waals surface area (Å²) in [5.74, 6) is -0.231. The molecule has 8 heteroatoms. The molecule has 158 valence electrons. The van der Waals surface area contributed by atoms with Gasteiger partial charge in [0.2, 0.25) is 0 Å². The van der Waals surface area contributed by atoms with Crippen LogP contribution in [0.15, 0.2) is 18.2 Å². The number of unbranched alkanes of at least 4 members (excludes halogenated alkanes) is 3. The van der Waals surface area contributed by atoms with Crippen molar-refractivity contribution in [2.45, 2.75) is 57.8 Å². The molecule has 0 radical (unpaired) electrons. The van der Waals surface area contributed by atoms with Crippen molar-refractivity contribution in [1.29, 1.82) is 0 Å². The number of aryl methyl sites for hydroxylation is 1. The van der Waals surface area contributed by atoms with Crippen molar-refractivity contribution in [3.63, 3.8) is 0 Å². The molecule has 0 aliphatic carbocycles. The Morgan fingerprint density at radius 3 is 2.64 bits per heavy atom. The Bertz CT molecular complexity index is 642. The van der Waals surface area contributed by atoms with Gasteiger partial charge in [-0.05, 0) is 37.9 Å². The third-order valence-electron chi connectivity index (χ3n) is 5.65. The number of benzene rings is 1. The van der Waals surface area contributed by atoms with Gasteiger partial charge < -0.3 is 20.6 Å². The van der Waals surface area contributed by atoms with Crippen molar-refractivity contribution in [3.05, 3.63) is 33.9 Å². The Labute approximate surface area is 166 Å². The Morgan fingerprint density at radius 2 is 1.96 bits per heavy atom. The molecule has 8 nitrogen and oxygen atoms in total. The summed E-state index contributed by atoms with van der Waals surface area (Å²) in [7, 11) is 0. The van der Waals surface area contributed by atoms with Gasteiger partial charge in [-0.25, -0.2) is 0 Å². The predicted octanol–water partition coefficient (Wildman–Crippen LogP) is 1.91. The summed E-state index contributed by atoms with van der Waals surface area (Å²) in [4.78, 5) is 12.7. The number of nitro groups is 1. The molecule has 1 aliphatic heterocycles. The molecule has 0 aromatic heterocycles. The maximum absolute atomic E-state index is 11.1. The van der Waals surface area contributed by atoms with E-state index in [0.717, 1.165) is 37.8 Å². The lowest BCUT2D eigenvalue weighted by Gasteiger charge is -2.44. The Morgan fingerprint density at radius 1 is 1.25 bits per heavy atom. The van der Waals surface area contributed by atoms with Crippen LogP contribution in [0.4, 0.5) is 11.4 Å². The third kappa shape index (κ3) is 5.88. The highest BCUT2D eigenvalue weighted by atomic mass is 16.6. The van der Waals surface area contributed by atoms with Crippen LogP contribution in [0, 0.1) is 23.0 Å². The van der Waals surface area contributed by atoms with Crippen LogP contribution in [0.1, 0.15) is 38.2 Å². The fourth-order valence-corrected chi connectivity index (χ4v) is 3.78. The van der Waals surface area contributed by atoms with Crippen LogP contribution in [0.25, 0.3) is 0 Å². The van der Waals surface area contributed by atoms with Crippen molar-refractivity contribution < 1.29 is 20.2 Å². The molecule has 0 saturated carbocycles. The zero-order chi connectivity index (χ0) is 20.7. The topological polar surface area (TPSA) is 119 Å². The molecule has 0 bridgehead atoms. The van der Waals surface area contributed by atoms with E-state index in [9.17, 15) is 25.4 Å². The van der Waals surface area contributed by atoms with Crippen molar-refractivity contribution in [3.8, 4) is 0 Å². The van der Waals surface area contributed by atoms with Crippen LogP contribution in [0.5, 0.6) is 0 Å². The summed E-state index contributed by atoms with van der Waals surface area (Å²) >= 11 is 0. The van der Waals surface area contributed by atoms with Crippen LogP contribution in [0.2, 0.25) is 0 Å². The Kier molecular flexibility index (Phi) is 8.62. The lowest BCUT2D eigenvalue weighted by molar-refractivity contribution is -0.384. The number of piperidine rings is 1. The maximum atomic E-state index is 11.1. The van der Waals surface area contributed by atoms with Gasteiger partial charge in [-0.3, -0.25) is 15.0 Å². The second-order valence-electron chi connectivity index (χ2n) is 7.78. The van der Waals surface area contributed by atoms with E-state index in [1.165, 1.54) is 0 Å². The summed E-state index contributed by atoms with van der Waals surface area (Å²) < 4.78 is 0. The monoisotopic (exact) mass is 395 g/mol. The molecule has 1 aromatic rings. The van der Waals surface area contributed by atoms with E-state index in [2.05, 4.69) is 5.32 Å². The zero-order valence-electron chi connectivity index (χ0n) is 16.8. The van der Waals surface area contributed by atoms with Crippen molar-refractivity contribution in [1.82, 2.24) is 4.90 Å². The minimum absolute atomic E-state index is 0.103. The van der Waals surface area contributed by atoms with Gasteiger partial charge >= 0.3 is 0 Å². The van der Waals surface area contributed by atoms with Crippen LogP contribution < -0.4 is 5.32 Å². The van der Waals surface area contributed by atoms with Gasteiger partial charge in [0, 0.05) is 25.1 Å². The number of nitro benzene ring substituents is 1. The van der Waals surface area contributed by atoms with E-state index in [-0.39, 0.29) is 29.2 Å². The first-order valence-corrected chi connectivity index (χ1v) is 10.0. The molecule has 0 unspecified atom stereocenters. The quantitative estimate of drug-likeness (QED) is 0.271. The largest absolute Gasteiger partial charge is 0.395 e. The third-order valence-corrected chi connectivity index (χ3v) is 5.65. The predicted molar refractivity (Wildman–Crippen MR) is 108 cm³/mol. The summed E-state index contributed by atoms with van der Waals surface area (Å²) in [5.41, 5.74) is 1.51. The highest BCUT2D eigenvalue weighted by Crippen LogP contribution is 2.26. The smallest absolute Gasteiger partial charge is 0.292 e. The normalized spacial score (nSPS) is 25.6. The van der Waals surface area contributed by atoms with E-state index >= 15 is 0 Å². The maximum Gasteiger partial charge on any atom is 0.292 e. The van der Waals surface area contributed by atoms with E-state index < -0.39 is 12.2 Å². The van der Waals surface area contributed by atoms with Gasteiger partial charge in [0.25, 0.3) is 5.69 Å². The second kappa shape index (κ2) is 10.7. The second-order valence-corrected chi connectivity index (χ2v) is 7.78. The molecule has 2 rings (SSSR count). The number of anilines is 1. The standard InChI is InChI=1S/C20H33N3O5/c1-14-7-8-16(17(11-14)23(27)28)21-9-5-3-4-6-10-22-12-19(25)15(2)20(26)18(22)13-24/h7-8,11,15,18-21,24-26H,3-6,9-10,12-13H2,1-2H3/t15-,18-,19+,20+/m1/s1. The number of β-amino-alcohol motifs (C(OH)–C–C–N with tert-alkyl or cyclic N) is 1. The summed E-state index contributed by atoms with van der Waals surface area (Å²) in [6.45, 7) is 5.39. The van der Waals surface area contributed by atoms with E-state index in [0.29, 0.717) is 18.8 Å². The number of likely N-dealkylation sites (tertiary alicyclic amines) is 1. The van der Waals surface area contributed by atoms with Crippen LogP contribution in [-0.4, -0.2) is 69.6 Å². The first kappa shape index (κ1) is 22.5. The van der Waals surface area contributed by atoms with Crippen molar-refractivity contribution in [2.75, 3.05) is 31.6 Å². The first-order chi connectivity index (χ1) is 13.3.